The molecule has 0 spiro atoms. The van der Waals surface area contributed by atoms with Gasteiger partial charge in [-0.2, -0.15) is 0 Å². The molecule has 0 atom stereocenters. The van der Waals surface area contributed by atoms with Gasteiger partial charge in [-0.15, -0.1) is 0 Å². The van der Waals surface area contributed by atoms with E-state index in [9.17, 15) is 9.59 Å². The van der Waals surface area contributed by atoms with Crippen molar-refractivity contribution in [3.63, 3.8) is 0 Å². The highest BCUT2D eigenvalue weighted by Crippen LogP contribution is 2.05. The number of nitrogens with zero attached hydrogens (tertiary/aromatic N) is 2. The van der Waals surface area contributed by atoms with Crippen molar-refractivity contribution in [3.05, 3.63) is 29.6 Å². The van der Waals surface area contributed by atoms with E-state index in [2.05, 4.69) is 4.98 Å². The van der Waals surface area contributed by atoms with E-state index >= 15 is 0 Å². The van der Waals surface area contributed by atoms with Gasteiger partial charge in [-0.1, -0.05) is 0 Å². The second-order valence-corrected chi connectivity index (χ2v) is 3.19. The molecule has 6 heteroatoms. The van der Waals surface area contributed by atoms with E-state index < -0.39 is 5.97 Å². The first-order chi connectivity index (χ1) is 7.56. The highest BCUT2D eigenvalue weighted by molar-refractivity contribution is 5.96. The van der Waals surface area contributed by atoms with Crippen molar-refractivity contribution >= 4 is 11.9 Å². The summed E-state index contributed by atoms with van der Waals surface area (Å²) in [5.74, 6) is -1.53. The summed E-state index contributed by atoms with van der Waals surface area (Å²) in [5.41, 5.74) is 0.0617. The Labute approximate surface area is 92.1 Å². The predicted octanol–water partition coefficient (Wildman–Crippen LogP) is -0.156. The molecule has 0 aliphatic carbocycles. The van der Waals surface area contributed by atoms with Gasteiger partial charge in [0.25, 0.3) is 5.91 Å². The molecule has 0 bridgehead atoms. The molecule has 2 N–H and O–H groups in total. The lowest BCUT2D eigenvalue weighted by atomic mass is 10.2. The standard InChI is InChI=1S/C10H12N2O4/c1-12(4-5-13)9(14)7-2-3-11-8(6-7)10(15)16/h2-3,6,13H,4-5H2,1H3,(H,15,16). The fourth-order valence-corrected chi connectivity index (χ4v) is 1.15. The monoisotopic (exact) mass is 224 g/mol. The summed E-state index contributed by atoms with van der Waals surface area (Å²) in [6, 6.07) is 2.64. The lowest BCUT2D eigenvalue weighted by molar-refractivity contribution is 0.0690. The molecule has 1 rings (SSSR count). The zero-order valence-corrected chi connectivity index (χ0v) is 8.75. The second-order valence-electron chi connectivity index (χ2n) is 3.19. The van der Waals surface area contributed by atoms with Crippen LogP contribution in [0.15, 0.2) is 18.3 Å². The molecule has 0 radical (unpaired) electrons. The number of likely N-dealkylation sites (N-methyl/N-ethyl adjacent to an activating group) is 1. The van der Waals surface area contributed by atoms with Gasteiger partial charge in [-0.3, -0.25) is 4.79 Å². The molecule has 86 valence electrons. The van der Waals surface area contributed by atoms with Crippen LogP contribution in [0.5, 0.6) is 0 Å². The smallest absolute Gasteiger partial charge is 0.354 e. The lowest BCUT2D eigenvalue weighted by Gasteiger charge is -2.15. The van der Waals surface area contributed by atoms with Crippen molar-refractivity contribution in [3.8, 4) is 0 Å². The predicted molar refractivity (Wildman–Crippen MR) is 55.2 cm³/mol. The number of aromatic carboxylic acids is 1. The van der Waals surface area contributed by atoms with Crippen molar-refractivity contribution in [2.45, 2.75) is 0 Å². The molecule has 0 unspecified atom stereocenters. The van der Waals surface area contributed by atoms with Crippen LogP contribution < -0.4 is 0 Å². The first-order valence-corrected chi connectivity index (χ1v) is 4.62. The molecule has 0 aliphatic rings. The molecular weight excluding hydrogens is 212 g/mol. The SMILES string of the molecule is CN(CCO)C(=O)c1ccnc(C(=O)O)c1. The van der Waals surface area contributed by atoms with Crippen LogP contribution >= 0.6 is 0 Å². The van der Waals surface area contributed by atoms with Gasteiger partial charge < -0.3 is 15.1 Å². The number of amides is 1. The average Bonchev–Trinajstić information content (AvgIpc) is 2.28. The zero-order valence-electron chi connectivity index (χ0n) is 8.75. The number of carboxylic acid groups (broad SMARTS) is 1. The molecule has 0 aliphatic heterocycles. The van der Waals surface area contributed by atoms with E-state index in [1.165, 1.54) is 30.3 Å². The summed E-state index contributed by atoms with van der Waals surface area (Å²) in [5, 5.41) is 17.4. The fourth-order valence-electron chi connectivity index (χ4n) is 1.15. The van der Waals surface area contributed by atoms with Gasteiger partial charge in [0.05, 0.1) is 6.61 Å². The average molecular weight is 224 g/mol. The summed E-state index contributed by atoms with van der Waals surface area (Å²) in [6.45, 7) is 0.0582. The van der Waals surface area contributed by atoms with Gasteiger partial charge in [-0.25, -0.2) is 9.78 Å². The maximum atomic E-state index is 11.7. The quantitative estimate of drug-likeness (QED) is 0.741. The van der Waals surface area contributed by atoms with E-state index in [1.807, 2.05) is 0 Å². The van der Waals surface area contributed by atoms with Crippen LogP contribution in [-0.2, 0) is 0 Å². The molecular formula is C10H12N2O4. The second kappa shape index (κ2) is 5.22. The molecule has 0 saturated carbocycles. The molecule has 0 fully saturated rings. The van der Waals surface area contributed by atoms with Crippen molar-refractivity contribution in [2.75, 3.05) is 20.2 Å². The van der Waals surface area contributed by atoms with Crippen molar-refractivity contribution in [1.82, 2.24) is 9.88 Å². The summed E-state index contributed by atoms with van der Waals surface area (Å²) in [7, 11) is 1.53. The van der Waals surface area contributed by atoms with Crippen LogP contribution in [0.4, 0.5) is 0 Å². The number of aromatic nitrogens is 1. The van der Waals surface area contributed by atoms with E-state index in [0.29, 0.717) is 0 Å². The first kappa shape index (κ1) is 12.1. The van der Waals surface area contributed by atoms with Gasteiger partial charge in [-0.05, 0) is 12.1 Å². The van der Waals surface area contributed by atoms with Crippen molar-refractivity contribution in [2.24, 2.45) is 0 Å². The topological polar surface area (TPSA) is 90.7 Å². The molecule has 16 heavy (non-hydrogen) atoms. The molecule has 6 nitrogen and oxygen atoms in total. The third-order valence-corrected chi connectivity index (χ3v) is 2.01. The Hall–Kier alpha value is -1.95. The van der Waals surface area contributed by atoms with Crippen LogP contribution in [-0.4, -0.2) is 52.2 Å². The number of rotatable bonds is 4. The number of aliphatic hydroxyl groups excluding tert-OH is 1. The van der Waals surface area contributed by atoms with Gasteiger partial charge in [0.15, 0.2) is 0 Å². The van der Waals surface area contributed by atoms with E-state index in [4.69, 9.17) is 10.2 Å². The van der Waals surface area contributed by atoms with Crippen LogP contribution in [0, 0.1) is 0 Å². The Morgan fingerprint density at radius 2 is 2.19 bits per heavy atom. The highest BCUT2D eigenvalue weighted by atomic mass is 16.4. The number of carbonyl (C=O) groups is 2. The maximum absolute atomic E-state index is 11.7. The number of hydrogen-bond donors (Lipinski definition) is 2. The third kappa shape index (κ3) is 2.77. The minimum Gasteiger partial charge on any atom is -0.477 e. The minimum atomic E-state index is -1.18. The van der Waals surface area contributed by atoms with E-state index in [-0.39, 0.29) is 30.3 Å². The van der Waals surface area contributed by atoms with Crippen molar-refractivity contribution in [1.29, 1.82) is 0 Å². The summed E-state index contributed by atoms with van der Waals surface area (Å²) in [6.07, 6.45) is 1.27. The van der Waals surface area contributed by atoms with Crippen LogP contribution in [0.2, 0.25) is 0 Å². The number of carboxylic acids is 1. The van der Waals surface area contributed by atoms with Gasteiger partial charge >= 0.3 is 5.97 Å². The Morgan fingerprint density at radius 1 is 1.50 bits per heavy atom. The van der Waals surface area contributed by atoms with Crippen LogP contribution in [0.1, 0.15) is 20.8 Å². The van der Waals surface area contributed by atoms with E-state index in [0.717, 1.165) is 0 Å². The zero-order chi connectivity index (χ0) is 12.1. The Kier molecular flexibility index (Phi) is 3.96. The summed E-state index contributed by atoms with van der Waals surface area (Å²) < 4.78 is 0. The number of pyridine rings is 1. The summed E-state index contributed by atoms with van der Waals surface area (Å²) >= 11 is 0. The molecule has 0 aromatic carbocycles. The first-order valence-electron chi connectivity index (χ1n) is 4.62. The molecule has 1 heterocycles. The lowest BCUT2D eigenvalue weighted by Crippen LogP contribution is -2.29. The highest BCUT2D eigenvalue weighted by Gasteiger charge is 2.13. The third-order valence-electron chi connectivity index (χ3n) is 2.01. The maximum Gasteiger partial charge on any atom is 0.354 e. The molecule has 0 saturated heterocycles. The van der Waals surface area contributed by atoms with Gasteiger partial charge in [0.1, 0.15) is 5.69 Å². The van der Waals surface area contributed by atoms with E-state index in [1.54, 1.807) is 0 Å². The minimum absolute atomic E-state index is 0.140. The van der Waals surface area contributed by atoms with Crippen LogP contribution in [0.3, 0.4) is 0 Å². The van der Waals surface area contributed by atoms with Gasteiger partial charge in [0, 0.05) is 25.4 Å². The fraction of sp³-hybridized carbons (Fsp3) is 0.300. The number of carbonyl (C=O) groups excluding carboxylic acids is 1. The Morgan fingerprint density at radius 3 is 2.75 bits per heavy atom. The van der Waals surface area contributed by atoms with Crippen molar-refractivity contribution < 1.29 is 19.8 Å². The van der Waals surface area contributed by atoms with Gasteiger partial charge in [0.2, 0.25) is 0 Å². The number of hydrogen-bond acceptors (Lipinski definition) is 4. The normalized spacial score (nSPS) is 9.88. The molecule has 1 aromatic heterocycles. The van der Waals surface area contributed by atoms with Crippen LogP contribution in [0.25, 0.3) is 0 Å². The largest absolute Gasteiger partial charge is 0.477 e. The molecule has 1 aromatic rings. The Bertz CT molecular complexity index is 406. The number of aliphatic hydroxyl groups is 1. The Balaban J connectivity index is 2.91. The summed E-state index contributed by atoms with van der Waals surface area (Å²) in [4.78, 5) is 27.3. The molecule has 1 amide bonds.